The van der Waals surface area contributed by atoms with Crippen LogP contribution in [-0.4, -0.2) is 97.9 Å². The van der Waals surface area contributed by atoms with Crippen molar-refractivity contribution in [1.29, 1.82) is 0 Å². The van der Waals surface area contributed by atoms with Gasteiger partial charge in [-0.15, -0.1) is 0 Å². The van der Waals surface area contributed by atoms with Crippen molar-refractivity contribution in [1.82, 2.24) is 31.5 Å². The Labute approximate surface area is 283 Å². The molecule has 0 radical (unpaired) electrons. The molecule has 15 nitrogen and oxygen atoms in total. The number of amides is 4. The van der Waals surface area contributed by atoms with Crippen molar-refractivity contribution in [3.63, 3.8) is 0 Å². The van der Waals surface area contributed by atoms with Gasteiger partial charge in [0.2, 0.25) is 23.6 Å². The molecule has 262 valence electrons. The SMILES string of the molecule is CCNC(CCCN=C(N)N)C(=O)NC(C/C(=C/NC)N(C)C=S)C(=O)NC(CCCCN)C(=O)NC(Cc1ccccc1)C(N)=O. The van der Waals surface area contributed by atoms with Crippen LogP contribution in [0.2, 0.25) is 0 Å². The normalized spacial score (nSPS) is 13.7. The van der Waals surface area contributed by atoms with Gasteiger partial charge >= 0.3 is 0 Å². The molecule has 47 heavy (non-hydrogen) atoms. The molecule has 0 heterocycles. The van der Waals surface area contributed by atoms with Gasteiger partial charge in [0.15, 0.2) is 5.96 Å². The fourth-order valence-electron chi connectivity index (χ4n) is 4.68. The summed E-state index contributed by atoms with van der Waals surface area (Å²) in [6.45, 7) is 3.11. The summed E-state index contributed by atoms with van der Waals surface area (Å²) in [6.07, 6.45) is 4.21. The first-order valence-corrected chi connectivity index (χ1v) is 16.2. The van der Waals surface area contributed by atoms with E-state index in [0.29, 0.717) is 51.0 Å². The van der Waals surface area contributed by atoms with Gasteiger partial charge in [0.1, 0.15) is 18.1 Å². The van der Waals surface area contributed by atoms with Gasteiger partial charge in [-0.3, -0.25) is 24.2 Å². The fourth-order valence-corrected chi connectivity index (χ4v) is 4.82. The first-order chi connectivity index (χ1) is 22.5. The maximum absolute atomic E-state index is 13.9. The molecule has 4 unspecified atom stereocenters. The molecule has 4 atom stereocenters. The van der Waals surface area contributed by atoms with Crippen molar-refractivity contribution in [3.05, 3.63) is 47.8 Å². The van der Waals surface area contributed by atoms with E-state index in [-0.39, 0.29) is 25.2 Å². The summed E-state index contributed by atoms with van der Waals surface area (Å²) in [4.78, 5) is 58.9. The van der Waals surface area contributed by atoms with E-state index < -0.39 is 47.8 Å². The van der Waals surface area contributed by atoms with E-state index in [4.69, 9.17) is 35.2 Å². The molecule has 0 spiro atoms. The molecule has 0 bridgehead atoms. The first kappa shape index (κ1) is 40.7. The number of hydrogen-bond donors (Lipinski definition) is 9. The third-order valence-electron chi connectivity index (χ3n) is 7.20. The fraction of sp³-hybridized carbons (Fsp3) is 0.548. The van der Waals surface area contributed by atoms with E-state index in [0.717, 1.165) is 5.56 Å². The van der Waals surface area contributed by atoms with Gasteiger partial charge in [0, 0.05) is 45.4 Å². The lowest BCUT2D eigenvalue weighted by Crippen LogP contribution is -2.58. The third kappa shape index (κ3) is 16.2. The average molecular weight is 676 g/mol. The summed E-state index contributed by atoms with van der Waals surface area (Å²) < 4.78 is 0. The van der Waals surface area contributed by atoms with Crippen LogP contribution < -0.4 is 49.5 Å². The predicted molar refractivity (Wildman–Crippen MR) is 189 cm³/mol. The predicted octanol–water partition coefficient (Wildman–Crippen LogP) is -1.33. The molecule has 16 heteroatoms. The zero-order chi connectivity index (χ0) is 35.2. The quantitative estimate of drug-likeness (QED) is 0.0269. The van der Waals surface area contributed by atoms with Crippen LogP contribution >= 0.6 is 12.2 Å². The zero-order valence-electron chi connectivity index (χ0n) is 27.7. The number of nitrogens with zero attached hydrogens (tertiary/aromatic N) is 2. The second-order valence-electron chi connectivity index (χ2n) is 11.0. The van der Waals surface area contributed by atoms with Crippen LogP contribution in [0.5, 0.6) is 0 Å². The van der Waals surface area contributed by atoms with Gasteiger partial charge in [0.25, 0.3) is 0 Å². The van der Waals surface area contributed by atoms with Crippen molar-refractivity contribution < 1.29 is 19.2 Å². The van der Waals surface area contributed by atoms with E-state index in [9.17, 15) is 19.2 Å². The number of nitrogens with two attached hydrogens (primary N) is 4. The minimum Gasteiger partial charge on any atom is -0.393 e. The van der Waals surface area contributed by atoms with Crippen LogP contribution in [0, 0.1) is 0 Å². The number of carbonyl (C=O) groups excluding carboxylic acids is 4. The highest BCUT2D eigenvalue weighted by molar-refractivity contribution is 7.78. The van der Waals surface area contributed by atoms with Crippen molar-refractivity contribution in [2.75, 3.05) is 33.7 Å². The summed E-state index contributed by atoms with van der Waals surface area (Å²) >= 11 is 5.10. The minimum atomic E-state index is -1.10. The highest BCUT2D eigenvalue weighted by atomic mass is 32.1. The number of hydrogen-bond acceptors (Lipinski definition) is 9. The number of unbranched alkanes of at least 4 members (excludes halogenated alkanes) is 1. The van der Waals surface area contributed by atoms with Crippen LogP contribution in [0.3, 0.4) is 0 Å². The standard InChI is InChI=1S/C31H53N11O4S/c1-4-37-23(14-10-16-38-31(34)35)28(44)41-26(18-22(19-36-2)42(3)20-47)30(46)39-24(13-8-9-15-32)29(45)40-25(27(33)43)17-21-11-6-5-7-12-21/h5-7,11-12,19-20,23-26,36-37H,4,8-10,13-18,32H2,1-3H3,(H2,33,43)(H,39,46)(H,40,45)(H,41,44)(H4,34,35,38)/b22-19-. The zero-order valence-corrected chi connectivity index (χ0v) is 28.5. The number of thiocarbonyl (C=S) groups is 1. The summed E-state index contributed by atoms with van der Waals surface area (Å²) in [5.41, 5.74) is 25.0. The Morgan fingerprint density at radius 1 is 0.894 bits per heavy atom. The van der Waals surface area contributed by atoms with Gasteiger partial charge in [-0.2, -0.15) is 0 Å². The Kier molecular flexibility index (Phi) is 20.0. The topological polar surface area (TPSA) is 248 Å². The van der Waals surface area contributed by atoms with Crippen LogP contribution in [-0.2, 0) is 25.6 Å². The Hall–Kier alpha value is -4.28. The Morgan fingerprint density at radius 2 is 1.49 bits per heavy atom. The molecule has 13 N–H and O–H groups in total. The molecule has 0 aromatic heterocycles. The smallest absolute Gasteiger partial charge is 0.243 e. The summed E-state index contributed by atoms with van der Waals surface area (Å²) in [5, 5.41) is 14.4. The van der Waals surface area contributed by atoms with Crippen LogP contribution in [0.4, 0.5) is 0 Å². The number of primary amides is 1. The number of nitrogens with one attached hydrogen (secondary N) is 5. The first-order valence-electron chi connectivity index (χ1n) is 15.7. The van der Waals surface area contributed by atoms with E-state index in [1.165, 1.54) is 5.49 Å². The van der Waals surface area contributed by atoms with E-state index >= 15 is 0 Å². The Balaban J connectivity index is 3.30. The van der Waals surface area contributed by atoms with Crippen LogP contribution in [0.25, 0.3) is 0 Å². The second kappa shape index (κ2) is 23.1. The number of rotatable bonds is 24. The monoisotopic (exact) mass is 675 g/mol. The van der Waals surface area contributed by atoms with Crippen molar-refractivity contribution in [2.45, 2.75) is 76.0 Å². The molecule has 4 amide bonds. The number of aliphatic imine (C=N–C) groups is 1. The molecule has 1 aromatic rings. The van der Waals surface area contributed by atoms with Gasteiger partial charge < -0.3 is 54.4 Å². The van der Waals surface area contributed by atoms with E-state index in [1.54, 1.807) is 25.2 Å². The summed E-state index contributed by atoms with van der Waals surface area (Å²) in [7, 11) is 3.42. The number of benzene rings is 1. The summed E-state index contributed by atoms with van der Waals surface area (Å²) in [5.74, 6) is -2.33. The molecular formula is C31H53N11O4S. The van der Waals surface area contributed by atoms with Crippen LogP contribution in [0.1, 0.15) is 51.0 Å². The van der Waals surface area contributed by atoms with Gasteiger partial charge in [-0.05, 0) is 50.8 Å². The minimum absolute atomic E-state index is 0.0371. The molecule has 0 aliphatic carbocycles. The van der Waals surface area contributed by atoms with Crippen molar-refractivity contribution >= 4 is 47.3 Å². The molecule has 0 aliphatic heterocycles. The molecule has 0 fully saturated rings. The van der Waals surface area contributed by atoms with Gasteiger partial charge in [-0.1, -0.05) is 49.5 Å². The maximum atomic E-state index is 13.9. The van der Waals surface area contributed by atoms with Crippen molar-refractivity contribution in [3.8, 4) is 0 Å². The van der Waals surface area contributed by atoms with E-state index in [2.05, 4.69) is 31.6 Å². The van der Waals surface area contributed by atoms with Gasteiger partial charge in [-0.25, -0.2) is 0 Å². The Bertz CT molecular complexity index is 1200. The number of likely N-dealkylation sites (N-methyl/N-ethyl adjacent to an activating group) is 1. The molecule has 1 rings (SSSR count). The average Bonchev–Trinajstić information content (AvgIpc) is 3.04. The van der Waals surface area contributed by atoms with Crippen molar-refractivity contribution in [2.24, 2.45) is 27.9 Å². The summed E-state index contributed by atoms with van der Waals surface area (Å²) in [6, 6.07) is 5.36. The third-order valence-corrected chi connectivity index (χ3v) is 7.52. The van der Waals surface area contributed by atoms with Crippen LogP contribution in [0.15, 0.2) is 47.2 Å². The largest absolute Gasteiger partial charge is 0.393 e. The lowest BCUT2D eigenvalue weighted by atomic mass is 10.0. The molecule has 0 saturated heterocycles. The number of carbonyl (C=O) groups is 4. The second-order valence-corrected chi connectivity index (χ2v) is 11.2. The Morgan fingerprint density at radius 3 is 2.06 bits per heavy atom. The highest BCUT2D eigenvalue weighted by Crippen LogP contribution is 2.12. The molecule has 0 saturated carbocycles. The molecule has 0 aliphatic rings. The lowest BCUT2D eigenvalue weighted by Gasteiger charge is -2.28. The molecule has 1 aromatic carbocycles. The maximum Gasteiger partial charge on any atom is 0.243 e. The highest BCUT2D eigenvalue weighted by Gasteiger charge is 2.31. The lowest BCUT2D eigenvalue weighted by molar-refractivity contribution is -0.133. The van der Waals surface area contributed by atoms with Gasteiger partial charge in [0.05, 0.1) is 11.5 Å². The molecular weight excluding hydrogens is 622 g/mol. The number of guanidine groups is 1. The van der Waals surface area contributed by atoms with E-state index in [1.807, 2.05) is 37.3 Å².